The van der Waals surface area contributed by atoms with Gasteiger partial charge in [-0.2, -0.15) is 0 Å². The van der Waals surface area contributed by atoms with E-state index in [1.807, 2.05) is 7.05 Å². The number of aromatic nitrogens is 4. The molecular formula is C6H8N5+. The molecule has 0 radical (unpaired) electrons. The number of fused-ring (bicyclic) bond motifs is 1. The second-order valence-corrected chi connectivity index (χ2v) is 2.13. The molecule has 0 unspecified atom stereocenters. The lowest BCUT2D eigenvalue weighted by atomic mass is 10.5. The lowest BCUT2D eigenvalue weighted by Crippen LogP contribution is -2.10. The van der Waals surface area contributed by atoms with Crippen molar-refractivity contribution in [3.8, 4) is 0 Å². The number of imidazole rings is 1. The number of nitrogens with one attached hydrogen (secondary N) is 3. The third-order valence-corrected chi connectivity index (χ3v) is 1.52. The van der Waals surface area contributed by atoms with Crippen molar-refractivity contribution in [2.75, 3.05) is 12.4 Å². The maximum atomic E-state index is 4.01. The number of H-pyrrole nitrogens is 2. The minimum absolute atomic E-state index is 0.716. The third-order valence-electron chi connectivity index (χ3n) is 1.52. The summed E-state index contributed by atoms with van der Waals surface area (Å²) in [6.07, 6.45) is 3.22. The van der Waals surface area contributed by atoms with Gasteiger partial charge in [0.05, 0.1) is 6.33 Å². The molecule has 0 aliphatic carbocycles. The van der Waals surface area contributed by atoms with E-state index >= 15 is 0 Å². The van der Waals surface area contributed by atoms with Crippen LogP contribution >= 0.6 is 0 Å². The SMILES string of the molecule is CNc1[nH+]cnc2nc[nH]c12. The summed E-state index contributed by atoms with van der Waals surface area (Å²) in [5.74, 6) is 0.896. The summed E-state index contributed by atoms with van der Waals surface area (Å²) in [6, 6.07) is 0. The highest BCUT2D eigenvalue weighted by Crippen LogP contribution is 2.09. The van der Waals surface area contributed by atoms with E-state index in [2.05, 4.69) is 25.3 Å². The van der Waals surface area contributed by atoms with E-state index in [9.17, 15) is 0 Å². The largest absolute Gasteiger partial charge is 0.336 e. The summed E-state index contributed by atoms with van der Waals surface area (Å²) < 4.78 is 0. The van der Waals surface area contributed by atoms with E-state index in [4.69, 9.17) is 0 Å². The minimum Gasteiger partial charge on any atom is -0.336 e. The van der Waals surface area contributed by atoms with Gasteiger partial charge in [0, 0.05) is 7.05 Å². The lowest BCUT2D eigenvalue weighted by Gasteiger charge is -1.90. The number of anilines is 1. The molecule has 0 bridgehead atoms. The lowest BCUT2D eigenvalue weighted by molar-refractivity contribution is -0.363. The Labute approximate surface area is 62.9 Å². The zero-order chi connectivity index (χ0) is 7.68. The van der Waals surface area contributed by atoms with Gasteiger partial charge in [-0.15, -0.1) is 0 Å². The minimum atomic E-state index is 0.716. The predicted molar refractivity (Wildman–Crippen MR) is 40.0 cm³/mol. The Morgan fingerprint density at radius 2 is 2.45 bits per heavy atom. The fraction of sp³-hybridized carbons (Fsp3) is 0.167. The highest BCUT2D eigenvalue weighted by atomic mass is 15.1. The number of hydrogen-bond acceptors (Lipinski definition) is 3. The maximum absolute atomic E-state index is 4.01. The number of aromatic amines is 2. The summed E-state index contributed by atoms with van der Waals surface area (Å²) in [7, 11) is 1.84. The highest BCUT2D eigenvalue weighted by molar-refractivity contribution is 5.79. The van der Waals surface area contributed by atoms with E-state index in [1.165, 1.54) is 0 Å². The standard InChI is InChI=1S/C6H7N5/c1-7-5-4-6(10-2-8-4)11-3-9-5/h2-3H,1H3,(H2,7,8,9,10,11)/p+1. The molecule has 2 aromatic rings. The molecule has 2 rings (SSSR count). The van der Waals surface area contributed by atoms with Crippen LogP contribution in [0.5, 0.6) is 0 Å². The summed E-state index contributed by atoms with van der Waals surface area (Å²) in [4.78, 5) is 13.9. The molecule has 0 aromatic carbocycles. The first kappa shape index (κ1) is 6.09. The summed E-state index contributed by atoms with van der Waals surface area (Å²) in [5, 5.41) is 2.99. The van der Waals surface area contributed by atoms with Crippen LogP contribution in [0.4, 0.5) is 5.82 Å². The van der Waals surface area contributed by atoms with Crippen LogP contribution < -0.4 is 10.3 Å². The van der Waals surface area contributed by atoms with Crippen molar-refractivity contribution >= 4 is 17.0 Å². The fourth-order valence-electron chi connectivity index (χ4n) is 0.996. The number of nitrogens with zero attached hydrogens (tertiary/aromatic N) is 2. The molecule has 0 aliphatic rings. The van der Waals surface area contributed by atoms with E-state index in [-0.39, 0.29) is 0 Å². The zero-order valence-corrected chi connectivity index (χ0v) is 6.05. The molecule has 2 heterocycles. The number of hydrogen-bond donors (Lipinski definition) is 2. The van der Waals surface area contributed by atoms with Gasteiger partial charge in [-0.1, -0.05) is 4.98 Å². The van der Waals surface area contributed by atoms with Crippen LogP contribution in [0.1, 0.15) is 0 Å². The van der Waals surface area contributed by atoms with Crippen LogP contribution in [-0.4, -0.2) is 22.0 Å². The van der Waals surface area contributed by atoms with Crippen LogP contribution in [-0.2, 0) is 0 Å². The molecular weight excluding hydrogens is 142 g/mol. The molecule has 0 atom stereocenters. The van der Waals surface area contributed by atoms with Crippen molar-refractivity contribution in [1.82, 2.24) is 15.0 Å². The Morgan fingerprint density at radius 3 is 3.27 bits per heavy atom. The average Bonchev–Trinajstić information content (AvgIpc) is 2.50. The summed E-state index contributed by atoms with van der Waals surface area (Å²) in [5.41, 5.74) is 1.61. The van der Waals surface area contributed by atoms with Crippen molar-refractivity contribution in [3.63, 3.8) is 0 Å². The molecule has 11 heavy (non-hydrogen) atoms. The predicted octanol–water partition coefficient (Wildman–Crippen LogP) is -0.186. The first-order valence-corrected chi connectivity index (χ1v) is 3.29. The van der Waals surface area contributed by atoms with Crippen molar-refractivity contribution < 1.29 is 4.98 Å². The van der Waals surface area contributed by atoms with E-state index in [0.29, 0.717) is 5.65 Å². The van der Waals surface area contributed by atoms with Crippen LogP contribution in [0.3, 0.4) is 0 Å². The molecule has 5 heteroatoms. The van der Waals surface area contributed by atoms with Gasteiger partial charge >= 0.3 is 0 Å². The topological polar surface area (TPSA) is 67.7 Å². The van der Waals surface area contributed by atoms with Gasteiger partial charge in [0.25, 0.3) is 5.65 Å². The summed E-state index contributed by atoms with van der Waals surface area (Å²) in [6.45, 7) is 0. The molecule has 2 aromatic heterocycles. The smallest absolute Gasteiger partial charge is 0.260 e. The third kappa shape index (κ3) is 0.813. The Morgan fingerprint density at radius 1 is 1.55 bits per heavy atom. The van der Waals surface area contributed by atoms with Gasteiger partial charge in [0.15, 0.2) is 5.52 Å². The van der Waals surface area contributed by atoms with Crippen molar-refractivity contribution in [2.45, 2.75) is 0 Å². The average molecular weight is 150 g/mol. The molecule has 0 spiro atoms. The molecule has 0 aliphatic heterocycles. The molecule has 0 saturated heterocycles. The van der Waals surface area contributed by atoms with Crippen LogP contribution in [0.15, 0.2) is 12.7 Å². The van der Waals surface area contributed by atoms with Gasteiger partial charge in [0.1, 0.15) is 0 Å². The van der Waals surface area contributed by atoms with Gasteiger partial charge in [-0.05, 0) is 0 Å². The van der Waals surface area contributed by atoms with E-state index < -0.39 is 0 Å². The molecule has 0 fully saturated rings. The zero-order valence-electron chi connectivity index (χ0n) is 6.05. The Balaban J connectivity index is 2.79. The van der Waals surface area contributed by atoms with Crippen LogP contribution in [0.2, 0.25) is 0 Å². The van der Waals surface area contributed by atoms with Gasteiger partial charge in [-0.3, -0.25) is 0 Å². The first-order chi connectivity index (χ1) is 5.42. The normalized spacial score (nSPS) is 10.3. The second kappa shape index (κ2) is 2.19. The molecule has 3 N–H and O–H groups in total. The second-order valence-electron chi connectivity index (χ2n) is 2.13. The van der Waals surface area contributed by atoms with Gasteiger partial charge in [0.2, 0.25) is 12.1 Å². The molecule has 56 valence electrons. The number of rotatable bonds is 1. The van der Waals surface area contributed by atoms with Gasteiger partial charge in [-0.25, -0.2) is 9.97 Å². The van der Waals surface area contributed by atoms with Crippen molar-refractivity contribution in [3.05, 3.63) is 12.7 Å². The van der Waals surface area contributed by atoms with Crippen LogP contribution in [0.25, 0.3) is 11.2 Å². The monoisotopic (exact) mass is 150 g/mol. The molecule has 0 saturated carbocycles. The molecule has 0 amide bonds. The highest BCUT2D eigenvalue weighted by Gasteiger charge is 2.07. The molecule has 5 nitrogen and oxygen atoms in total. The Bertz CT molecular complexity index is 366. The maximum Gasteiger partial charge on any atom is 0.260 e. The first-order valence-electron chi connectivity index (χ1n) is 3.29. The summed E-state index contributed by atoms with van der Waals surface area (Å²) >= 11 is 0. The van der Waals surface area contributed by atoms with Crippen molar-refractivity contribution in [2.24, 2.45) is 0 Å². The van der Waals surface area contributed by atoms with E-state index in [0.717, 1.165) is 11.3 Å². The van der Waals surface area contributed by atoms with Gasteiger partial charge < -0.3 is 10.3 Å². The van der Waals surface area contributed by atoms with Crippen molar-refractivity contribution in [1.29, 1.82) is 0 Å². The fourth-order valence-corrected chi connectivity index (χ4v) is 0.996. The van der Waals surface area contributed by atoms with E-state index in [1.54, 1.807) is 12.7 Å². The quantitative estimate of drug-likeness (QED) is 0.592. The van der Waals surface area contributed by atoms with Crippen LogP contribution in [0, 0.1) is 0 Å². The Kier molecular flexibility index (Phi) is 1.21. The Hall–Kier alpha value is -1.65.